The molecule has 0 aliphatic rings. The molecule has 0 bridgehead atoms. The van der Waals surface area contributed by atoms with E-state index in [-0.39, 0.29) is 5.91 Å². The Labute approximate surface area is 339 Å². The van der Waals surface area contributed by atoms with Crippen LogP contribution in [0.15, 0.2) is 109 Å². The summed E-state index contributed by atoms with van der Waals surface area (Å²) in [5.41, 5.74) is 23.8. The zero-order valence-electron chi connectivity index (χ0n) is 36.3. The molecule has 56 heavy (non-hydrogen) atoms. The Kier molecular flexibility index (Phi) is 16.0. The molecule has 0 aromatic heterocycles. The predicted molar refractivity (Wildman–Crippen MR) is 244 cm³/mol. The molecule has 1 amide bonds. The molecule has 6 aromatic carbocycles. The van der Waals surface area contributed by atoms with Crippen LogP contribution >= 0.6 is 0 Å². The van der Waals surface area contributed by atoms with Crippen LogP contribution < -0.4 is 5.32 Å². The average molecular weight is 744 g/mol. The number of hydrogen-bond donors (Lipinski definition) is 1. The number of carbonyl (C=O) groups excluding carboxylic acids is 1. The highest BCUT2D eigenvalue weighted by molar-refractivity contribution is 6.04. The lowest BCUT2D eigenvalue weighted by Crippen LogP contribution is -2.11. The van der Waals surface area contributed by atoms with Crippen molar-refractivity contribution < 1.29 is 4.79 Å². The van der Waals surface area contributed by atoms with Crippen molar-refractivity contribution in [3.63, 3.8) is 0 Å². The largest absolute Gasteiger partial charge is 0.322 e. The highest BCUT2D eigenvalue weighted by atomic mass is 16.1. The van der Waals surface area contributed by atoms with Gasteiger partial charge in [-0.2, -0.15) is 0 Å². The molecule has 6 rings (SSSR count). The second-order valence-corrected chi connectivity index (χ2v) is 15.5. The highest BCUT2D eigenvalue weighted by Gasteiger charge is 2.10. The number of hydrogen-bond acceptors (Lipinski definition) is 1. The van der Waals surface area contributed by atoms with E-state index in [2.05, 4.69) is 135 Å². The van der Waals surface area contributed by atoms with Gasteiger partial charge in [0.15, 0.2) is 0 Å². The fourth-order valence-corrected chi connectivity index (χ4v) is 7.12. The zero-order chi connectivity index (χ0) is 40.9. The van der Waals surface area contributed by atoms with Crippen LogP contribution in [0.2, 0.25) is 0 Å². The summed E-state index contributed by atoms with van der Waals surface area (Å²) in [5.74, 6) is -0.0751. The predicted octanol–water partition coefficient (Wildman–Crippen LogP) is 14.3. The van der Waals surface area contributed by atoms with Gasteiger partial charge in [-0.05, 0) is 190 Å². The summed E-state index contributed by atoms with van der Waals surface area (Å²) in [6.07, 6.45) is 5.56. The summed E-state index contributed by atoms with van der Waals surface area (Å²) in [5, 5.41) is 2.87. The smallest absolute Gasteiger partial charge is 0.255 e. The van der Waals surface area contributed by atoms with E-state index in [0.29, 0.717) is 5.56 Å². The van der Waals surface area contributed by atoms with E-state index in [1.54, 1.807) is 0 Å². The van der Waals surface area contributed by atoms with E-state index in [1.807, 2.05) is 62.4 Å². The van der Waals surface area contributed by atoms with Crippen molar-refractivity contribution in [2.24, 2.45) is 0 Å². The molecular formula is C54H65NO. The lowest BCUT2D eigenvalue weighted by Gasteiger charge is -2.15. The molecular weight excluding hydrogens is 679 g/mol. The van der Waals surface area contributed by atoms with Gasteiger partial charge in [0.1, 0.15) is 0 Å². The van der Waals surface area contributed by atoms with Crippen molar-refractivity contribution >= 4 is 11.6 Å². The first kappa shape index (κ1) is 43.5. The minimum absolute atomic E-state index is 0.0751. The number of benzene rings is 6. The van der Waals surface area contributed by atoms with Gasteiger partial charge >= 0.3 is 0 Å². The molecule has 0 heterocycles. The molecule has 0 saturated heterocycles. The van der Waals surface area contributed by atoms with Crippen molar-refractivity contribution in [1.29, 1.82) is 0 Å². The number of anilines is 1. The van der Waals surface area contributed by atoms with Crippen LogP contribution in [0.4, 0.5) is 5.69 Å². The Morgan fingerprint density at radius 1 is 0.429 bits per heavy atom. The van der Waals surface area contributed by atoms with E-state index in [9.17, 15) is 4.79 Å². The van der Waals surface area contributed by atoms with Crippen LogP contribution in [-0.2, 0) is 32.1 Å². The van der Waals surface area contributed by atoms with Gasteiger partial charge in [-0.3, -0.25) is 4.79 Å². The van der Waals surface area contributed by atoms with Gasteiger partial charge in [0.25, 0.3) is 5.91 Å². The molecule has 0 fully saturated rings. The number of nitrogens with one attached hydrogen (secondary N) is 1. The Morgan fingerprint density at radius 2 is 0.786 bits per heavy atom. The minimum atomic E-state index is -0.0751. The van der Waals surface area contributed by atoms with Gasteiger partial charge in [-0.15, -0.1) is 0 Å². The average Bonchev–Trinajstić information content (AvgIpc) is 3.19. The van der Waals surface area contributed by atoms with Crippen LogP contribution in [0.3, 0.4) is 0 Å². The third-order valence-electron chi connectivity index (χ3n) is 11.3. The van der Waals surface area contributed by atoms with Crippen molar-refractivity contribution in [1.82, 2.24) is 0 Å². The number of aryl methyl sites for hydroxylation is 10. The molecule has 0 spiro atoms. The summed E-state index contributed by atoms with van der Waals surface area (Å²) in [7, 11) is 0. The monoisotopic (exact) mass is 744 g/mol. The molecule has 0 saturated carbocycles. The molecule has 292 valence electrons. The second-order valence-electron chi connectivity index (χ2n) is 15.5. The quantitative estimate of drug-likeness (QED) is 0.157. The summed E-state index contributed by atoms with van der Waals surface area (Å²) in [6.45, 7) is 26.3. The fourth-order valence-electron chi connectivity index (χ4n) is 7.12. The lowest BCUT2D eigenvalue weighted by atomic mass is 9.90. The lowest BCUT2D eigenvalue weighted by molar-refractivity contribution is 0.102. The highest BCUT2D eigenvalue weighted by Crippen LogP contribution is 2.26. The Morgan fingerprint density at radius 3 is 1.12 bits per heavy atom. The fraction of sp³-hybridized carbons (Fsp3) is 0.315. The minimum Gasteiger partial charge on any atom is -0.322 e. The first-order chi connectivity index (χ1) is 26.8. The Balaban J connectivity index is 0.000000190. The maximum absolute atomic E-state index is 11.9. The molecule has 2 nitrogen and oxygen atoms in total. The van der Waals surface area contributed by atoms with Crippen molar-refractivity contribution in [2.75, 3.05) is 5.32 Å². The van der Waals surface area contributed by atoms with E-state index in [1.165, 1.54) is 83.5 Å². The number of amides is 1. The second kappa shape index (κ2) is 20.6. The van der Waals surface area contributed by atoms with Crippen molar-refractivity contribution in [3.8, 4) is 11.1 Å². The van der Waals surface area contributed by atoms with E-state index in [4.69, 9.17) is 0 Å². The van der Waals surface area contributed by atoms with Crippen LogP contribution in [0.1, 0.15) is 116 Å². The maximum atomic E-state index is 11.9. The summed E-state index contributed by atoms with van der Waals surface area (Å²) in [4.78, 5) is 11.9. The Hall–Kier alpha value is -5.21. The first-order valence-electron chi connectivity index (χ1n) is 20.6. The van der Waals surface area contributed by atoms with Gasteiger partial charge in [0.05, 0.1) is 0 Å². The topological polar surface area (TPSA) is 29.1 Å². The Bertz CT molecular complexity index is 2060. The van der Waals surface area contributed by atoms with Crippen LogP contribution in [-0.4, -0.2) is 5.91 Å². The van der Waals surface area contributed by atoms with Gasteiger partial charge in [0.2, 0.25) is 0 Å². The van der Waals surface area contributed by atoms with Gasteiger partial charge in [-0.1, -0.05) is 124 Å². The van der Waals surface area contributed by atoms with Gasteiger partial charge in [0, 0.05) is 11.3 Å². The van der Waals surface area contributed by atoms with Crippen LogP contribution in [0, 0.1) is 55.4 Å². The summed E-state index contributed by atoms with van der Waals surface area (Å²) in [6, 6.07) is 38.3. The van der Waals surface area contributed by atoms with E-state index < -0.39 is 0 Å². The van der Waals surface area contributed by atoms with Crippen LogP contribution in [0.5, 0.6) is 0 Å². The molecule has 1 N–H and O–H groups in total. The SMILES string of the molecule is CCc1cc(Cc2cc(CC)c(C)c(CC)c2)cc(CC)c1C.Cc1ccc(-c2ccc(C)c(C)c2)cc1C.Cc1ccc(NC(=O)c2ccc(C)cc2)cc1. The van der Waals surface area contributed by atoms with Gasteiger partial charge in [-0.25, -0.2) is 0 Å². The summed E-state index contributed by atoms with van der Waals surface area (Å²) < 4.78 is 0. The molecule has 0 aliphatic carbocycles. The molecule has 0 aliphatic heterocycles. The number of carbonyl (C=O) groups is 1. The molecule has 0 radical (unpaired) electrons. The standard InChI is InChI=1S/C23H32.C16H18.C15H15NO/c1-7-20-12-18(13-21(8-2)16(20)5)11-19-14-22(9-3)17(6)23(10-4)15-19;1-11-5-7-15(9-13(11)3)16-8-6-12(2)14(4)10-16;1-11-3-7-13(8-4-11)15(17)16-14-9-5-12(2)6-10-14/h12-15H,7-11H2,1-6H3;5-10H,1-4H3;3-10H,1-2H3,(H,16,17). The molecule has 2 heteroatoms. The first-order valence-corrected chi connectivity index (χ1v) is 20.6. The number of rotatable bonds is 9. The van der Waals surface area contributed by atoms with Crippen molar-refractivity contribution in [3.05, 3.63) is 193 Å². The normalized spacial score (nSPS) is 10.6. The van der Waals surface area contributed by atoms with E-state index in [0.717, 1.165) is 43.4 Å². The third kappa shape index (κ3) is 11.9. The van der Waals surface area contributed by atoms with E-state index >= 15 is 0 Å². The maximum Gasteiger partial charge on any atom is 0.255 e. The summed E-state index contributed by atoms with van der Waals surface area (Å²) >= 11 is 0. The van der Waals surface area contributed by atoms with Crippen LogP contribution in [0.25, 0.3) is 11.1 Å². The van der Waals surface area contributed by atoms with Crippen molar-refractivity contribution in [2.45, 2.75) is 115 Å². The third-order valence-corrected chi connectivity index (χ3v) is 11.3. The molecule has 6 aromatic rings. The molecule has 0 unspecified atom stereocenters. The van der Waals surface area contributed by atoms with Gasteiger partial charge < -0.3 is 5.32 Å². The molecule has 0 atom stereocenters. The zero-order valence-corrected chi connectivity index (χ0v) is 36.3.